The van der Waals surface area contributed by atoms with Crippen LogP contribution >= 0.6 is 15.9 Å². The second-order valence-corrected chi connectivity index (χ2v) is 5.14. The number of amides is 1. The molecule has 2 N–H and O–H groups in total. The minimum atomic E-state index is -4.46. The van der Waals surface area contributed by atoms with Crippen molar-refractivity contribution >= 4 is 27.7 Å². The van der Waals surface area contributed by atoms with E-state index in [0.29, 0.717) is 9.37 Å². The van der Waals surface area contributed by atoms with Gasteiger partial charge in [0.2, 0.25) is 0 Å². The summed E-state index contributed by atoms with van der Waals surface area (Å²) in [6.45, 7) is 1.69. The summed E-state index contributed by atoms with van der Waals surface area (Å²) in [6.07, 6.45) is -3.09. The van der Waals surface area contributed by atoms with Crippen molar-refractivity contribution in [2.24, 2.45) is 0 Å². The van der Waals surface area contributed by atoms with Gasteiger partial charge in [0.15, 0.2) is 0 Å². The zero-order valence-corrected chi connectivity index (χ0v) is 11.9. The SMILES string of the molecule is CC(C)N(CC(F)(F)F)C(=O)c1cc(Br)cnc1N. The molecule has 0 unspecified atom stereocenters. The number of alkyl halides is 3. The summed E-state index contributed by atoms with van der Waals surface area (Å²) >= 11 is 3.10. The number of nitrogen functional groups attached to an aromatic ring is 1. The first-order valence-corrected chi connectivity index (χ1v) is 6.20. The van der Waals surface area contributed by atoms with E-state index < -0.39 is 24.7 Å². The van der Waals surface area contributed by atoms with Gasteiger partial charge < -0.3 is 10.6 Å². The average molecular weight is 340 g/mol. The van der Waals surface area contributed by atoms with E-state index in [0.717, 1.165) is 0 Å². The predicted molar refractivity (Wildman–Crippen MR) is 68.6 cm³/mol. The molecule has 0 saturated carbocycles. The standard InChI is InChI=1S/C11H13BrF3N3O/c1-6(2)18(5-11(13,14)15)10(19)8-3-7(12)4-17-9(8)16/h3-4,6H,5H2,1-2H3,(H2,16,17). The zero-order chi connectivity index (χ0) is 14.8. The minimum Gasteiger partial charge on any atom is -0.383 e. The first-order chi connectivity index (χ1) is 8.61. The molecule has 4 nitrogen and oxygen atoms in total. The van der Waals surface area contributed by atoms with E-state index in [-0.39, 0.29) is 11.4 Å². The maximum atomic E-state index is 12.5. The van der Waals surface area contributed by atoms with Crippen molar-refractivity contribution in [3.05, 3.63) is 22.3 Å². The fourth-order valence-electron chi connectivity index (χ4n) is 1.46. The highest BCUT2D eigenvalue weighted by Crippen LogP contribution is 2.22. The monoisotopic (exact) mass is 339 g/mol. The van der Waals surface area contributed by atoms with Crippen molar-refractivity contribution in [3.63, 3.8) is 0 Å². The summed E-state index contributed by atoms with van der Waals surface area (Å²) in [4.78, 5) is 16.6. The lowest BCUT2D eigenvalue weighted by Crippen LogP contribution is -2.43. The molecule has 0 bridgehead atoms. The number of nitrogens with two attached hydrogens (primary N) is 1. The molecular formula is C11H13BrF3N3O. The van der Waals surface area contributed by atoms with Crippen LogP contribution in [0.15, 0.2) is 16.7 Å². The van der Waals surface area contributed by atoms with Crippen LogP contribution in [0.3, 0.4) is 0 Å². The molecule has 8 heteroatoms. The van der Waals surface area contributed by atoms with E-state index in [2.05, 4.69) is 20.9 Å². The summed E-state index contributed by atoms with van der Waals surface area (Å²) in [7, 11) is 0. The second kappa shape index (κ2) is 5.77. The topological polar surface area (TPSA) is 59.2 Å². The van der Waals surface area contributed by atoms with Crippen LogP contribution in [0, 0.1) is 0 Å². The average Bonchev–Trinajstić information content (AvgIpc) is 2.27. The van der Waals surface area contributed by atoms with Crippen molar-refractivity contribution in [2.75, 3.05) is 12.3 Å². The van der Waals surface area contributed by atoms with Gasteiger partial charge in [-0.2, -0.15) is 13.2 Å². The molecule has 0 saturated heterocycles. The maximum absolute atomic E-state index is 12.5. The van der Waals surface area contributed by atoms with E-state index in [1.807, 2.05) is 0 Å². The molecule has 0 spiro atoms. The third-order valence-electron chi connectivity index (χ3n) is 2.35. The molecule has 0 atom stereocenters. The molecule has 1 heterocycles. The lowest BCUT2D eigenvalue weighted by molar-refractivity contribution is -0.143. The van der Waals surface area contributed by atoms with E-state index in [9.17, 15) is 18.0 Å². The largest absolute Gasteiger partial charge is 0.406 e. The number of carbonyl (C=O) groups is 1. The van der Waals surface area contributed by atoms with Gasteiger partial charge in [0.1, 0.15) is 12.4 Å². The molecule has 0 radical (unpaired) electrons. The van der Waals surface area contributed by atoms with Gasteiger partial charge in [-0.15, -0.1) is 0 Å². The fourth-order valence-corrected chi connectivity index (χ4v) is 1.79. The number of carbonyl (C=O) groups excluding carboxylic acids is 1. The molecule has 106 valence electrons. The quantitative estimate of drug-likeness (QED) is 0.921. The lowest BCUT2D eigenvalue weighted by atomic mass is 10.2. The Morgan fingerprint density at radius 2 is 2.11 bits per heavy atom. The Morgan fingerprint density at radius 3 is 2.58 bits per heavy atom. The molecule has 1 aromatic rings. The molecule has 0 aliphatic rings. The van der Waals surface area contributed by atoms with E-state index in [1.54, 1.807) is 0 Å². The molecule has 0 aliphatic carbocycles. The van der Waals surface area contributed by atoms with Crippen molar-refractivity contribution in [3.8, 4) is 0 Å². The van der Waals surface area contributed by atoms with Crippen molar-refractivity contribution in [2.45, 2.75) is 26.1 Å². The summed E-state index contributed by atoms with van der Waals surface area (Å²) < 4.78 is 37.9. The van der Waals surface area contributed by atoms with Gasteiger partial charge in [0.05, 0.1) is 5.56 Å². The number of pyridine rings is 1. The van der Waals surface area contributed by atoms with Crippen LogP contribution in [-0.4, -0.2) is 34.6 Å². The molecule has 1 rings (SSSR count). The smallest absolute Gasteiger partial charge is 0.383 e. The number of anilines is 1. The Hall–Kier alpha value is -1.31. The van der Waals surface area contributed by atoms with E-state index in [4.69, 9.17) is 5.73 Å². The highest BCUT2D eigenvalue weighted by atomic mass is 79.9. The van der Waals surface area contributed by atoms with Gasteiger partial charge >= 0.3 is 6.18 Å². The van der Waals surface area contributed by atoms with Gasteiger partial charge in [0.25, 0.3) is 5.91 Å². The maximum Gasteiger partial charge on any atom is 0.406 e. The number of rotatable bonds is 3. The summed E-state index contributed by atoms with van der Waals surface area (Å²) in [5.74, 6) is -0.889. The molecule has 19 heavy (non-hydrogen) atoms. The Bertz CT molecular complexity index is 477. The predicted octanol–water partition coefficient (Wildman–Crippen LogP) is 2.84. The van der Waals surface area contributed by atoms with Crippen LogP contribution in [-0.2, 0) is 0 Å². The number of hydrogen-bond acceptors (Lipinski definition) is 3. The number of aromatic nitrogens is 1. The lowest BCUT2D eigenvalue weighted by Gasteiger charge is -2.28. The Labute approximate surface area is 116 Å². The van der Waals surface area contributed by atoms with Crippen LogP contribution < -0.4 is 5.73 Å². The van der Waals surface area contributed by atoms with Crippen LogP contribution in [0.5, 0.6) is 0 Å². The summed E-state index contributed by atoms with van der Waals surface area (Å²) in [6, 6.07) is 0.753. The van der Waals surface area contributed by atoms with Crippen molar-refractivity contribution in [1.82, 2.24) is 9.88 Å². The Morgan fingerprint density at radius 1 is 1.53 bits per heavy atom. The van der Waals surface area contributed by atoms with Gasteiger partial charge in [-0.05, 0) is 35.8 Å². The van der Waals surface area contributed by atoms with Gasteiger partial charge in [0, 0.05) is 16.7 Å². The first-order valence-electron chi connectivity index (χ1n) is 5.40. The molecule has 1 aromatic heterocycles. The Balaban J connectivity index is 3.09. The van der Waals surface area contributed by atoms with Crippen LogP contribution in [0.25, 0.3) is 0 Å². The van der Waals surface area contributed by atoms with E-state index >= 15 is 0 Å². The van der Waals surface area contributed by atoms with Crippen LogP contribution in [0.1, 0.15) is 24.2 Å². The zero-order valence-electron chi connectivity index (χ0n) is 10.3. The van der Waals surface area contributed by atoms with Gasteiger partial charge in [-0.3, -0.25) is 4.79 Å². The van der Waals surface area contributed by atoms with Crippen molar-refractivity contribution < 1.29 is 18.0 Å². The molecular weight excluding hydrogens is 327 g/mol. The van der Waals surface area contributed by atoms with Gasteiger partial charge in [-0.1, -0.05) is 0 Å². The normalized spacial score (nSPS) is 11.7. The fraction of sp³-hybridized carbons (Fsp3) is 0.455. The third-order valence-corrected chi connectivity index (χ3v) is 2.78. The number of nitrogens with zero attached hydrogens (tertiary/aromatic N) is 2. The Kier molecular flexibility index (Phi) is 4.78. The third kappa shape index (κ3) is 4.38. The van der Waals surface area contributed by atoms with Crippen molar-refractivity contribution in [1.29, 1.82) is 0 Å². The molecule has 0 fully saturated rings. The number of hydrogen-bond donors (Lipinski definition) is 1. The summed E-state index contributed by atoms with van der Waals surface area (Å²) in [5, 5.41) is 0. The highest BCUT2D eigenvalue weighted by Gasteiger charge is 2.35. The highest BCUT2D eigenvalue weighted by molar-refractivity contribution is 9.10. The summed E-state index contributed by atoms with van der Waals surface area (Å²) in [5.41, 5.74) is 5.48. The van der Waals surface area contributed by atoms with Crippen LogP contribution in [0.4, 0.5) is 19.0 Å². The van der Waals surface area contributed by atoms with Gasteiger partial charge in [-0.25, -0.2) is 4.98 Å². The first kappa shape index (κ1) is 15.7. The minimum absolute atomic E-state index is 0.0488. The molecule has 1 amide bonds. The van der Waals surface area contributed by atoms with E-state index in [1.165, 1.54) is 26.1 Å². The number of halogens is 4. The molecule has 0 aliphatic heterocycles. The second-order valence-electron chi connectivity index (χ2n) is 4.23. The molecule has 0 aromatic carbocycles. The van der Waals surface area contributed by atoms with Crippen LogP contribution in [0.2, 0.25) is 0 Å².